The molecule has 0 aromatic carbocycles. The molecule has 5 amide bonds. The predicted octanol–water partition coefficient (Wildman–Crippen LogP) is -1.01. The van der Waals surface area contributed by atoms with E-state index in [4.69, 9.17) is 5.11 Å². The van der Waals surface area contributed by atoms with Gasteiger partial charge in [-0.15, -0.1) is 0 Å². The lowest BCUT2D eigenvalue weighted by Gasteiger charge is -2.38. The maximum absolute atomic E-state index is 11.7. The van der Waals surface area contributed by atoms with Crippen LogP contribution in [0.25, 0.3) is 0 Å². The van der Waals surface area contributed by atoms with E-state index < -0.39 is 29.5 Å². The molecular weight excluding hydrogens is 234 g/mol. The Labute approximate surface area is 95.9 Å². The second-order valence-electron chi connectivity index (χ2n) is 3.55. The monoisotopic (exact) mass is 245 g/mol. The van der Waals surface area contributed by atoms with Crippen LogP contribution in [-0.4, -0.2) is 58.5 Å². The number of rotatable bonds is 2. The van der Waals surface area contributed by atoms with Gasteiger partial charge in [0.1, 0.15) is 0 Å². The number of hydrogen-bond donors (Lipinski definition) is 2. The molecule has 9 heteroatoms. The quantitative estimate of drug-likeness (QED) is 0.476. The minimum atomic E-state index is -2.09. The average Bonchev–Trinajstić information content (AvgIpc) is 2.29. The van der Waals surface area contributed by atoms with Gasteiger partial charge in [0.2, 0.25) is 5.60 Å². The molecule has 1 saturated heterocycles. The molecule has 1 heterocycles. The van der Waals surface area contributed by atoms with E-state index in [2.05, 4.69) is 4.84 Å². The lowest BCUT2D eigenvalue weighted by Crippen LogP contribution is -2.67. The van der Waals surface area contributed by atoms with Crippen LogP contribution in [0.5, 0.6) is 0 Å². The van der Waals surface area contributed by atoms with E-state index in [1.807, 2.05) is 0 Å². The van der Waals surface area contributed by atoms with Gasteiger partial charge < -0.3 is 5.11 Å². The highest BCUT2D eigenvalue weighted by Crippen LogP contribution is 2.22. The van der Waals surface area contributed by atoms with Gasteiger partial charge in [0.05, 0.1) is 0 Å². The molecule has 0 aromatic heterocycles. The third-order valence-corrected chi connectivity index (χ3v) is 2.34. The molecule has 0 radical (unpaired) electrons. The van der Waals surface area contributed by atoms with Crippen LogP contribution in [0.2, 0.25) is 0 Å². The number of hydrogen-bond acceptors (Lipinski definition) is 5. The summed E-state index contributed by atoms with van der Waals surface area (Å²) in [4.78, 5) is 51.0. The number of amides is 5. The number of nitrogens with zero attached hydrogens (tertiary/aromatic N) is 2. The van der Waals surface area contributed by atoms with Crippen LogP contribution < -0.4 is 5.48 Å². The Bertz CT molecular complexity index is 382. The van der Waals surface area contributed by atoms with Crippen molar-refractivity contribution < 1.29 is 29.1 Å². The van der Waals surface area contributed by atoms with Gasteiger partial charge in [0, 0.05) is 14.1 Å². The summed E-state index contributed by atoms with van der Waals surface area (Å²) in [6, 6.07) is -0.809. The molecule has 0 aromatic rings. The zero-order valence-electron chi connectivity index (χ0n) is 9.38. The minimum absolute atomic E-state index is 0.672. The zero-order chi connectivity index (χ0) is 13.4. The highest BCUT2D eigenvalue weighted by Gasteiger charge is 2.54. The maximum atomic E-state index is 11.7. The molecule has 94 valence electrons. The van der Waals surface area contributed by atoms with Crippen molar-refractivity contribution in [2.75, 3.05) is 14.1 Å². The van der Waals surface area contributed by atoms with Crippen molar-refractivity contribution in [3.63, 3.8) is 0 Å². The number of carboxylic acid groups (broad SMARTS) is 1. The minimum Gasteiger partial charge on any atom is -0.464 e. The fraction of sp³-hybridized carbons (Fsp3) is 0.500. The molecule has 1 rings (SSSR count). The smallest absolute Gasteiger partial charge is 0.428 e. The number of hydroxylamine groups is 1. The molecule has 1 aliphatic rings. The summed E-state index contributed by atoms with van der Waals surface area (Å²) in [5.41, 5.74) is -0.605. The standard InChI is InChI=1S/C8H11N3O6/c1-8(17-9-6(14)15)4(12)10(2)7(16)11(3)5(8)13/h9H,1-3H3,(H,14,15). The van der Waals surface area contributed by atoms with E-state index in [1.54, 1.807) is 0 Å². The summed E-state index contributed by atoms with van der Waals surface area (Å²) in [7, 11) is 2.33. The summed E-state index contributed by atoms with van der Waals surface area (Å²) in [5.74, 6) is -1.89. The molecule has 0 aliphatic carbocycles. The van der Waals surface area contributed by atoms with Crippen molar-refractivity contribution in [3.8, 4) is 0 Å². The van der Waals surface area contributed by atoms with Crippen LogP contribution in [0.15, 0.2) is 0 Å². The topological polar surface area (TPSA) is 116 Å². The molecule has 0 atom stereocenters. The third kappa shape index (κ3) is 1.91. The second kappa shape index (κ2) is 4.01. The van der Waals surface area contributed by atoms with Gasteiger partial charge >= 0.3 is 12.1 Å². The van der Waals surface area contributed by atoms with E-state index in [0.29, 0.717) is 9.80 Å². The Balaban J connectivity index is 3.03. The zero-order valence-corrected chi connectivity index (χ0v) is 9.38. The molecule has 2 N–H and O–H groups in total. The third-order valence-electron chi connectivity index (χ3n) is 2.34. The van der Waals surface area contributed by atoms with Crippen molar-refractivity contribution in [1.82, 2.24) is 15.3 Å². The Morgan fingerprint density at radius 1 is 1.24 bits per heavy atom. The first kappa shape index (κ1) is 12.9. The normalized spacial score (nSPS) is 19.6. The number of nitrogens with one attached hydrogen (secondary N) is 1. The van der Waals surface area contributed by atoms with Gasteiger partial charge in [-0.3, -0.25) is 19.4 Å². The van der Waals surface area contributed by atoms with Crippen molar-refractivity contribution in [1.29, 1.82) is 0 Å². The molecule has 0 spiro atoms. The van der Waals surface area contributed by atoms with Gasteiger partial charge in [0.15, 0.2) is 0 Å². The van der Waals surface area contributed by atoms with Gasteiger partial charge in [-0.05, 0) is 6.92 Å². The molecular formula is C8H11N3O6. The largest absolute Gasteiger partial charge is 0.464 e. The SMILES string of the molecule is CN1C(=O)N(C)C(=O)C(C)(ONC(=O)O)C1=O. The predicted molar refractivity (Wildman–Crippen MR) is 51.6 cm³/mol. The Kier molecular flexibility index (Phi) is 3.05. The van der Waals surface area contributed by atoms with E-state index in [-0.39, 0.29) is 0 Å². The van der Waals surface area contributed by atoms with Crippen molar-refractivity contribution >= 4 is 23.9 Å². The summed E-state index contributed by atoms with van der Waals surface area (Å²) in [6.45, 7) is 1.08. The number of barbiturate groups is 1. The number of carbonyl (C=O) groups is 4. The molecule has 1 aliphatic heterocycles. The lowest BCUT2D eigenvalue weighted by molar-refractivity contribution is -0.179. The molecule has 9 nitrogen and oxygen atoms in total. The summed E-state index contributed by atoms with van der Waals surface area (Å²) in [5, 5.41) is 8.36. The van der Waals surface area contributed by atoms with E-state index >= 15 is 0 Å². The van der Waals surface area contributed by atoms with Crippen molar-refractivity contribution in [2.24, 2.45) is 0 Å². The van der Waals surface area contributed by atoms with Crippen molar-refractivity contribution in [3.05, 3.63) is 0 Å². The molecule has 0 saturated carbocycles. The number of imide groups is 2. The van der Waals surface area contributed by atoms with Gasteiger partial charge in [-0.25, -0.2) is 14.4 Å². The molecule has 0 bridgehead atoms. The summed E-state index contributed by atoms with van der Waals surface area (Å²) >= 11 is 0. The second-order valence-corrected chi connectivity index (χ2v) is 3.55. The Hall–Kier alpha value is -2.16. The van der Waals surface area contributed by atoms with Gasteiger partial charge in [-0.1, -0.05) is 0 Å². The first-order chi connectivity index (χ1) is 7.71. The highest BCUT2D eigenvalue weighted by atomic mass is 16.7. The summed E-state index contributed by atoms with van der Waals surface area (Å²) in [6.07, 6.45) is -1.56. The first-order valence-corrected chi connectivity index (χ1v) is 4.49. The van der Waals surface area contributed by atoms with E-state index in [1.165, 1.54) is 5.48 Å². The van der Waals surface area contributed by atoms with E-state index in [0.717, 1.165) is 21.0 Å². The van der Waals surface area contributed by atoms with Crippen LogP contribution in [0.3, 0.4) is 0 Å². The maximum Gasteiger partial charge on any atom is 0.428 e. The van der Waals surface area contributed by atoms with Crippen LogP contribution in [0.4, 0.5) is 9.59 Å². The number of likely N-dealkylation sites (N-methyl/N-ethyl adjacent to an activating group) is 2. The molecule has 1 fully saturated rings. The highest BCUT2D eigenvalue weighted by molar-refractivity contribution is 6.20. The Morgan fingerprint density at radius 2 is 1.65 bits per heavy atom. The average molecular weight is 245 g/mol. The van der Waals surface area contributed by atoms with Gasteiger partial charge in [0.25, 0.3) is 11.8 Å². The fourth-order valence-electron chi connectivity index (χ4n) is 1.36. The van der Waals surface area contributed by atoms with Crippen LogP contribution >= 0.6 is 0 Å². The summed E-state index contributed by atoms with van der Waals surface area (Å²) < 4.78 is 0. The molecule has 0 unspecified atom stereocenters. The number of carbonyl (C=O) groups excluding carboxylic acids is 3. The van der Waals surface area contributed by atoms with E-state index in [9.17, 15) is 19.2 Å². The first-order valence-electron chi connectivity index (χ1n) is 4.49. The van der Waals surface area contributed by atoms with Gasteiger partial charge in [-0.2, -0.15) is 5.48 Å². The van der Waals surface area contributed by atoms with Crippen LogP contribution in [0, 0.1) is 0 Å². The fourth-order valence-corrected chi connectivity index (χ4v) is 1.36. The van der Waals surface area contributed by atoms with Crippen LogP contribution in [-0.2, 0) is 14.4 Å². The van der Waals surface area contributed by atoms with Crippen LogP contribution in [0.1, 0.15) is 6.92 Å². The number of urea groups is 1. The Morgan fingerprint density at radius 3 is 2.00 bits per heavy atom. The van der Waals surface area contributed by atoms with Crippen molar-refractivity contribution in [2.45, 2.75) is 12.5 Å². The lowest BCUT2D eigenvalue weighted by atomic mass is 10.0. The molecule has 17 heavy (non-hydrogen) atoms.